The Hall–Kier alpha value is -0.990. The standard InChI is InChI=1S/C11H12F6N2.ClH/c12-10(13,14)6-1-2-7(9(19)3-4-18)8(5-6)11(15,16)17;/h1-2,5,9H,3-4,18-19H2;1H/t9-;/m0./s1. The maximum atomic E-state index is 12.8. The summed E-state index contributed by atoms with van der Waals surface area (Å²) in [7, 11) is 0. The first-order valence-electron chi connectivity index (χ1n) is 5.31. The Morgan fingerprint density at radius 2 is 1.55 bits per heavy atom. The fourth-order valence-corrected chi connectivity index (χ4v) is 1.64. The van der Waals surface area contributed by atoms with E-state index in [0.717, 1.165) is 6.07 Å². The lowest BCUT2D eigenvalue weighted by atomic mass is 9.96. The Bertz CT molecular complexity index is 444. The maximum absolute atomic E-state index is 12.8. The van der Waals surface area contributed by atoms with Gasteiger partial charge in [-0.1, -0.05) is 6.07 Å². The molecule has 0 aliphatic carbocycles. The molecule has 116 valence electrons. The molecule has 0 unspecified atom stereocenters. The summed E-state index contributed by atoms with van der Waals surface area (Å²) in [5.41, 5.74) is 7.57. The van der Waals surface area contributed by atoms with Crippen molar-refractivity contribution in [3.63, 3.8) is 0 Å². The molecule has 1 aromatic carbocycles. The van der Waals surface area contributed by atoms with Crippen LogP contribution in [-0.4, -0.2) is 6.54 Å². The highest BCUT2D eigenvalue weighted by molar-refractivity contribution is 5.85. The van der Waals surface area contributed by atoms with Gasteiger partial charge >= 0.3 is 12.4 Å². The maximum Gasteiger partial charge on any atom is 0.416 e. The fraction of sp³-hybridized carbons (Fsp3) is 0.455. The molecule has 4 N–H and O–H groups in total. The van der Waals surface area contributed by atoms with Crippen LogP contribution in [0.2, 0.25) is 0 Å². The molecule has 1 atom stereocenters. The first-order valence-corrected chi connectivity index (χ1v) is 5.31. The minimum Gasteiger partial charge on any atom is -0.330 e. The molecule has 0 saturated heterocycles. The Morgan fingerprint density at radius 1 is 1.00 bits per heavy atom. The number of rotatable bonds is 3. The zero-order chi connectivity index (χ0) is 14.8. The second-order valence-corrected chi connectivity index (χ2v) is 3.98. The Morgan fingerprint density at radius 3 is 1.95 bits per heavy atom. The molecule has 0 aliphatic heterocycles. The normalized spacial score (nSPS) is 13.8. The zero-order valence-corrected chi connectivity index (χ0v) is 10.9. The van der Waals surface area contributed by atoms with Crippen molar-refractivity contribution >= 4 is 12.4 Å². The first-order chi connectivity index (χ1) is 8.57. The topological polar surface area (TPSA) is 52.0 Å². The van der Waals surface area contributed by atoms with Crippen molar-refractivity contribution < 1.29 is 26.3 Å². The van der Waals surface area contributed by atoms with Crippen LogP contribution in [-0.2, 0) is 12.4 Å². The van der Waals surface area contributed by atoms with Crippen molar-refractivity contribution in [3.8, 4) is 0 Å². The number of nitrogens with two attached hydrogens (primary N) is 2. The van der Waals surface area contributed by atoms with Crippen LogP contribution in [0.5, 0.6) is 0 Å². The molecule has 9 heteroatoms. The summed E-state index contributed by atoms with van der Waals surface area (Å²) in [6.07, 6.45) is -9.69. The van der Waals surface area contributed by atoms with Gasteiger partial charge in [0, 0.05) is 6.04 Å². The van der Waals surface area contributed by atoms with Gasteiger partial charge in [0.1, 0.15) is 0 Å². The van der Waals surface area contributed by atoms with Gasteiger partial charge in [0.05, 0.1) is 11.1 Å². The lowest BCUT2D eigenvalue weighted by Gasteiger charge is -2.19. The quantitative estimate of drug-likeness (QED) is 0.837. The average molecular weight is 323 g/mol. The van der Waals surface area contributed by atoms with Gasteiger partial charge in [0.2, 0.25) is 0 Å². The summed E-state index contributed by atoms with van der Waals surface area (Å²) in [6.45, 7) is 0.0412. The Balaban J connectivity index is 0.00000361. The van der Waals surface area contributed by atoms with E-state index in [0.29, 0.717) is 6.07 Å². The van der Waals surface area contributed by atoms with Crippen molar-refractivity contribution in [1.29, 1.82) is 0 Å². The van der Waals surface area contributed by atoms with Gasteiger partial charge < -0.3 is 11.5 Å². The SMILES string of the molecule is Cl.NCC[C@H](N)c1ccc(C(F)(F)F)cc1C(F)(F)F. The van der Waals surface area contributed by atoms with Crippen LogP contribution < -0.4 is 11.5 Å². The van der Waals surface area contributed by atoms with Gasteiger partial charge in [0.25, 0.3) is 0 Å². The van der Waals surface area contributed by atoms with E-state index in [-0.39, 0.29) is 37.0 Å². The molecule has 1 rings (SSSR count). The highest BCUT2D eigenvalue weighted by Gasteiger charge is 2.38. The van der Waals surface area contributed by atoms with Crippen LogP contribution in [0.25, 0.3) is 0 Å². The van der Waals surface area contributed by atoms with E-state index in [1.54, 1.807) is 0 Å². The predicted octanol–water partition coefficient (Wildman–Crippen LogP) is 3.49. The molecule has 0 aliphatic rings. The van der Waals surface area contributed by atoms with Crippen molar-refractivity contribution in [1.82, 2.24) is 0 Å². The second kappa shape index (κ2) is 6.64. The van der Waals surface area contributed by atoms with Gasteiger partial charge in [-0.2, -0.15) is 26.3 Å². The molecular formula is C11H13ClF6N2. The Kier molecular flexibility index (Phi) is 6.31. The average Bonchev–Trinajstić information content (AvgIpc) is 2.26. The van der Waals surface area contributed by atoms with Gasteiger partial charge in [-0.3, -0.25) is 0 Å². The van der Waals surface area contributed by atoms with Crippen LogP contribution in [0.3, 0.4) is 0 Å². The van der Waals surface area contributed by atoms with Crippen molar-refractivity contribution in [3.05, 3.63) is 34.9 Å². The van der Waals surface area contributed by atoms with Gasteiger partial charge in [-0.15, -0.1) is 12.4 Å². The third kappa shape index (κ3) is 4.53. The van der Waals surface area contributed by atoms with Crippen molar-refractivity contribution in [2.75, 3.05) is 6.54 Å². The Labute approximate surface area is 117 Å². The number of hydrogen-bond donors (Lipinski definition) is 2. The van der Waals surface area contributed by atoms with Gasteiger partial charge in [-0.25, -0.2) is 0 Å². The van der Waals surface area contributed by atoms with Crippen LogP contribution in [0.15, 0.2) is 18.2 Å². The van der Waals surface area contributed by atoms with E-state index < -0.39 is 29.5 Å². The predicted molar refractivity (Wildman–Crippen MR) is 64.3 cm³/mol. The van der Waals surface area contributed by atoms with Gasteiger partial charge in [-0.05, 0) is 30.7 Å². The van der Waals surface area contributed by atoms with Crippen LogP contribution in [0.4, 0.5) is 26.3 Å². The van der Waals surface area contributed by atoms with E-state index in [1.165, 1.54) is 0 Å². The lowest BCUT2D eigenvalue weighted by Crippen LogP contribution is -2.21. The first kappa shape index (κ1) is 19.0. The van der Waals surface area contributed by atoms with E-state index in [9.17, 15) is 26.3 Å². The molecule has 1 aromatic rings. The second-order valence-electron chi connectivity index (χ2n) is 3.98. The van der Waals surface area contributed by atoms with E-state index >= 15 is 0 Å². The van der Waals surface area contributed by atoms with Crippen molar-refractivity contribution in [2.24, 2.45) is 11.5 Å². The highest BCUT2D eigenvalue weighted by atomic mass is 35.5. The summed E-state index contributed by atoms with van der Waals surface area (Å²) in [5.74, 6) is 0. The molecule has 20 heavy (non-hydrogen) atoms. The number of hydrogen-bond acceptors (Lipinski definition) is 2. The fourth-order valence-electron chi connectivity index (χ4n) is 1.64. The van der Waals surface area contributed by atoms with Crippen LogP contribution >= 0.6 is 12.4 Å². The molecule has 0 radical (unpaired) electrons. The monoisotopic (exact) mass is 322 g/mol. The molecule has 0 fully saturated rings. The van der Waals surface area contributed by atoms with E-state index in [4.69, 9.17) is 11.5 Å². The summed E-state index contributed by atoms with van der Waals surface area (Å²) in [4.78, 5) is 0. The molecule has 0 spiro atoms. The molecular weight excluding hydrogens is 310 g/mol. The van der Waals surface area contributed by atoms with E-state index in [1.807, 2.05) is 0 Å². The summed E-state index contributed by atoms with van der Waals surface area (Å²) < 4.78 is 75.5. The van der Waals surface area contributed by atoms with Gasteiger partial charge in [0.15, 0.2) is 0 Å². The summed E-state index contributed by atoms with van der Waals surface area (Å²) in [6, 6.07) is 0.363. The lowest BCUT2D eigenvalue weighted by molar-refractivity contribution is -0.143. The number of halogens is 7. The third-order valence-electron chi connectivity index (χ3n) is 2.56. The minimum atomic E-state index is -4.90. The third-order valence-corrected chi connectivity index (χ3v) is 2.56. The zero-order valence-electron chi connectivity index (χ0n) is 10.1. The molecule has 0 amide bonds. The van der Waals surface area contributed by atoms with Crippen LogP contribution in [0.1, 0.15) is 29.2 Å². The smallest absolute Gasteiger partial charge is 0.330 e. The largest absolute Gasteiger partial charge is 0.416 e. The summed E-state index contributed by atoms with van der Waals surface area (Å²) in [5, 5.41) is 0. The molecule has 0 heterocycles. The number of benzene rings is 1. The summed E-state index contributed by atoms with van der Waals surface area (Å²) >= 11 is 0. The minimum absolute atomic E-state index is 0. The molecule has 0 aromatic heterocycles. The van der Waals surface area contributed by atoms with Crippen LogP contribution in [0, 0.1) is 0 Å². The molecule has 2 nitrogen and oxygen atoms in total. The number of alkyl halides is 6. The molecule has 0 bridgehead atoms. The molecule has 0 saturated carbocycles. The highest BCUT2D eigenvalue weighted by Crippen LogP contribution is 2.39. The van der Waals surface area contributed by atoms with E-state index in [2.05, 4.69) is 0 Å². The van der Waals surface area contributed by atoms with Crippen molar-refractivity contribution in [2.45, 2.75) is 24.8 Å².